The van der Waals surface area contributed by atoms with Gasteiger partial charge >= 0.3 is 5.69 Å². The number of halogens is 2. The Morgan fingerprint density at radius 3 is 2.36 bits per heavy atom. The zero-order chi connectivity index (χ0) is 20.5. The largest absolute Gasteiger partial charge is 0.365 e. The average molecular weight is 409 g/mol. The van der Waals surface area contributed by atoms with Gasteiger partial charge in [-0.25, -0.2) is 22.3 Å². The standard InChI is InChI=1S/C18H17F2N3O4S/c19-14-5-4-13(11-15(14)20)10-12-6-8-22(9-7-12)16-2-1-3-17(28(21,26)27)18(16)23(24)25/h1-5,10-11H,6-9H2,(H2,21,26,27). The Kier molecular flexibility index (Phi) is 5.43. The normalized spacial score (nSPS) is 14.8. The Morgan fingerprint density at radius 2 is 1.79 bits per heavy atom. The molecular formula is C18H17F2N3O4S. The quantitative estimate of drug-likeness (QED) is 0.616. The predicted molar refractivity (Wildman–Crippen MR) is 100 cm³/mol. The molecule has 0 aliphatic carbocycles. The second kappa shape index (κ2) is 7.64. The van der Waals surface area contributed by atoms with E-state index in [0.717, 1.165) is 23.8 Å². The van der Waals surface area contributed by atoms with E-state index >= 15 is 0 Å². The van der Waals surface area contributed by atoms with Gasteiger partial charge in [-0.3, -0.25) is 10.1 Å². The summed E-state index contributed by atoms with van der Waals surface area (Å²) in [4.78, 5) is 11.9. The molecule has 2 aromatic rings. The fourth-order valence-corrected chi connectivity index (χ4v) is 3.91. The van der Waals surface area contributed by atoms with Crippen molar-refractivity contribution in [2.24, 2.45) is 5.14 Å². The summed E-state index contributed by atoms with van der Waals surface area (Å²) in [6.07, 6.45) is 2.83. The topological polar surface area (TPSA) is 107 Å². The summed E-state index contributed by atoms with van der Waals surface area (Å²) in [5.41, 5.74) is 1.15. The molecule has 0 bridgehead atoms. The molecule has 0 aromatic heterocycles. The number of para-hydroxylation sites is 1. The molecule has 2 N–H and O–H groups in total. The number of piperidine rings is 1. The molecule has 2 aromatic carbocycles. The minimum absolute atomic E-state index is 0.184. The molecule has 1 heterocycles. The molecule has 0 spiro atoms. The smallest absolute Gasteiger partial charge is 0.312 e. The number of sulfonamides is 1. The summed E-state index contributed by atoms with van der Waals surface area (Å²) in [5, 5.41) is 16.6. The summed E-state index contributed by atoms with van der Waals surface area (Å²) in [6, 6.07) is 7.63. The maximum absolute atomic E-state index is 13.3. The predicted octanol–water partition coefficient (Wildman–Crippen LogP) is 3.20. The third kappa shape index (κ3) is 4.18. The summed E-state index contributed by atoms with van der Waals surface area (Å²) < 4.78 is 49.7. The molecule has 10 heteroatoms. The van der Waals surface area contributed by atoms with Crippen LogP contribution in [0, 0.1) is 21.7 Å². The second-order valence-electron chi connectivity index (χ2n) is 6.39. The molecule has 0 saturated carbocycles. The lowest BCUT2D eigenvalue weighted by molar-refractivity contribution is -0.387. The van der Waals surface area contributed by atoms with Crippen molar-refractivity contribution >= 4 is 27.5 Å². The van der Waals surface area contributed by atoms with Crippen molar-refractivity contribution in [3.8, 4) is 0 Å². The van der Waals surface area contributed by atoms with Crippen LogP contribution < -0.4 is 10.0 Å². The molecule has 1 aliphatic rings. The average Bonchev–Trinajstić information content (AvgIpc) is 2.64. The van der Waals surface area contributed by atoms with Gasteiger partial charge in [0.05, 0.1) is 4.92 Å². The zero-order valence-electron chi connectivity index (χ0n) is 14.6. The van der Waals surface area contributed by atoms with Gasteiger partial charge in [-0.05, 0) is 42.7 Å². The van der Waals surface area contributed by atoms with Crippen molar-refractivity contribution in [1.82, 2.24) is 0 Å². The van der Waals surface area contributed by atoms with E-state index in [4.69, 9.17) is 5.14 Å². The Labute approximate surface area is 160 Å². The third-order valence-corrected chi connectivity index (χ3v) is 5.47. The molecule has 1 aliphatic heterocycles. The number of benzene rings is 2. The summed E-state index contributed by atoms with van der Waals surface area (Å²) in [6.45, 7) is 0.814. The number of rotatable bonds is 4. The first kappa shape index (κ1) is 19.9. The molecule has 0 atom stereocenters. The van der Waals surface area contributed by atoms with Crippen molar-refractivity contribution in [2.75, 3.05) is 18.0 Å². The molecule has 28 heavy (non-hydrogen) atoms. The van der Waals surface area contributed by atoms with Crippen molar-refractivity contribution < 1.29 is 22.1 Å². The molecule has 3 rings (SSSR count). The van der Waals surface area contributed by atoms with Crippen LogP contribution in [0.25, 0.3) is 6.08 Å². The van der Waals surface area contributed by atoms with Crippen LogP contribution in [0.4, 0.5) is 20.2 Å². The minimum Gasteiger partial charge on any atom is -0.365 e. The minimum atomic E-state index is -4.24. The van der Waals surface area contributed by atoms with Crippen LogP contribution in [0.3, 0.4) is 0 Å². The van der Waals surface area contributed by atoms with Gasteiger partial charge in [-0.2, -0.15) is 0 Å². The zero-order valence-corrected chi connectivity index (χ0v) is 15.5. The van der Waals surface area contributed by atoms with Gasteiger partial charge in [0, 0.05) is 13.1 Å². The first-order chi connectivity index (χ1) is 13.2. The highest BCUT2D eigenvalue weighted by molar-refractivity contribution is 7.89. The van der Waals surface area contributed by atoms with Crippen LogP contribution in [0.15, 0.2) is 46.9 Å². The molecule has 0 radical (unpaired) electrons. The lowest BCUT2D eigenvalue weighted by atomic mass is 10.00. The third-order valence-electron chi connectivity index (χ3n) is 4.53. The van der Waals surface area contributed by atoms with Crippen LogP contribution in [0.5, 0.6) is 0 Å². The van der Waals surface area contributed by atoms with Gasteiger partial charge in [0.25, 0.3) is 0 Å². The highest BCUT2D eigenvalue weighted by Crippen LogP contribution is 2.36. The number of nitro benzene ring substituents is 1. The van der Waals surface area contributed by atoms with Gasteiger partial charge in [0.15, 0.2) is 16.5 Å². The van der Waals surface area contributed by atoms with E-state index in [-0.39, 0.29) is 5.69 Å². The number of nitrogens with zero attached hydrogens (tertiary/aromatic N) is 2. The van der Waals surface area contributed by atoms with Crippen molar-refractivity contribution in [3.63, 3.8) is 0 Å². The second-order valence-corrected chi connectivity index (χ2v) is 7.92. The van der Waals surface area contributed by atoms with Gasteiger partial charge in [-0.1, -0.05) is 23.8 Å². The van der Waals surface area contributed by atoms with Crippen LogP contribution in [-0.4, -0.2) is 26.4 Å². The van der Waals surface area contributed by atoms with E-state index in [2.05, 4.69) is 0 Å². The Hall–Kier alpha value is -2.85. The number of primary sulfonamides is 1. The Balaban J connectivity index is 1.84. The number of hydrogen-bond acceptors (Lipinski definition) is 5. The molecule has 0 unspecified atom stereocenters. The maximum Gasteiger partial charge on any atom is 0.312 e. The highest BCUT2D eigenvalue weighted by atomic mass is 32.2. The lowest BCUT2D eigenvalue weighted by Gasteiger charge is -2.30. The van der Waals surface area contributed by atoms with Gasteiger partial charge in [0.1, 0.15) is 5.69 Å². The van der Waals surface area contributed by atoms with Crippen LogP contribution in [0.1, 0.15) is 18.4 Å². The lowest BCUT2D eigenvalue weighted by Crippen LogP contribution is -2.31. The SMILES string of the molecule is NS(=O)(=O)c1cccc(N2CCC(=Cc3ccc(F)c(F)c3)CC2)c1[N+](=O)[O-]. The van der Waals surface area contributed by atoms with Crippen molar-refractivity contribution in [3.05, 3.63) is 69.3 Å². The van der Waals surface area contributed by atoms with Crippen molar-refractivity contribution in [1.29, 1.82) is 0 Å². The summed E-state index contributed by atoms with van der Waals surface area (Å²) in [5.74, 6) is -1.85. The van der Waals surface area contributed by atoms with Gasteiger partial charge < -0.3 is 4.90 Å². The molecule has 0 amide bonds. The van der Waals surface area contributed by atoms with Crippen LogP contribution in [0.2, 0.25) is 0 Å². The monoisotopic (exact) mass is 409 g/mol. The molecular weight excluding hydrogens is 392 g/mol. The Morgan fingerprint density at radius 1 is 1.11 bits per heavy atom. The first-order valence-electron chi connectivity index (χ1n) is 8.36. The summed E-state index contributed by atoms with van der Waals surface area (Å²) >= 11 is 0. The van der Waals surface area contributed by atoms with E-state index in [1.165, 1.54) is 18.2 Å². The van der Waals surface area contributed by atoms with Gasteiger partial charge in [-0.15, -0.1) is 0 Å². The number of nitro groups is 1. The van der Waals surface area contributed by atoms with Crippen molar-refractivity contribution in [2.45, 2.75) is 17.7 Å². The first-order valence-corrected chi connectivity index (χ1v) is 9.91. The van der Waals surface area contributed by atoms with E-state index in [0.29, 0.717) is 31.5 Å². The van der Waals surface area contributed by atoms with Gasteiger partial charge in [0.2, 0.25) is 10.0 Å². The van der Waals surface area contributed by atoms with E-state index in [1.54, 1.807) is 11.0 Å². The fraction of sp³-hybridized carbons (Fsp3) is 0.222. The van der Waals surface area contributed by atoms with E-state index in [1.807, 2.05) is 0 Å². The van der Waals surface area contributed by atoms with E-state index in [9.17, 15) is 27.3 Å². The molecule has 1 fully saturated rings. The maximum atomic E-state index is 13.3. The van der Waals surface area contributed by atoms with Crippen LogP contribution in [-0.2, 0) is 10.0 Å². The number of nitrogens with two attached hydrogens (primary N) is 1. The number of anilines is 1. The molecule has 7 nitrogen and oxygen atoms in total. The molecule has 1 saturated heterocycles. The molecule has 148 valence electrons. The highest BCUT2D eigenvalue weighted by Gasteiger charge is 2.30. The van der Waals surface area contributed by atoms with Crippen LogP contribution >= 0.6 is 0 Å². The van der Waals surface area contributed by atoms with E-state index < -0.39 is 37.2 Å². The Bertz CT molecular complexity index is 1060. The fourth-order valence-electron chi connectivity index (χ4n) is 3.20. The number of hydrogen-bond donors (Lipinski definition) is 1. The summed E-state index contributed by atoms with van der Waals surface area (Å²) in [7, 11) is -4.24.